The van der Waals surface area contributed by atoms with Gasteiger partial charge in [0.05, 0.1) is 42.6 Å². The minimum atomic E-state index is -1.03. The van der Waals surface area contributed by atoms with E-state index in [4.69, 9.17) is 19.7 Å². The number of ether oxygens (including phenoxy) is 3. The van der Waals surface area contributed by atoms with Crippen LogP contribution in [0, 0.1) is 0 Å². The molecule has 2 aliphatic heterocycles. The first kappa shape index (κ1) is 37.4. The van der Waals surface area contributed by atoms with Gasteiger partial charge in [0, 0.05) is 27.3 Å². The van der Waals surface area contributed by atoms with E-state index in [2.05, 4.69) is 30.5 Å². The molecule has 53 heavy (non-hydrogen) atoms. The van der Waals surface area contributed by atoms with Crippen molar-refractivity contribution in [1.82, 2.24) is 30.2 Å². The number of alkyl carbamates (subject to hydrolysis) is 1. The van der Waals surface area contributed by atoms with Gasteiger partial charge in [-0.25, -0.2) is 9.78 Å². The Morgan fingerprint density at radius 1 is 0.906 bits per heavy atom. The Kier molecular flexibility index (Phi) is 11.4. The lowest BCUT2D eigenvalue weighted by molar-refractivity contribution is -0.141. The molecule has 16 heteroatoms. The maximum Gasteiger partial charge on any atom is 0.407 e. The van der Waals surface area contributed by atoms with E-state index in [1.54, 1.807) is 32.1 Å². The lowest BCUT2D eigenvalue weighted by atomic mass is 10.0. The monoisotopic (exact) mass is 730 g/mol. The van der Waals surface area contributed by atoms with Crippen LogP contribution in [0.3, 0.4) is 0 Å². The second-order valence-electron chi connectivity index (χ2n) is 13.4. The van der Waals surface area contributed by atoms with Crippen molar-refractivity contribution in [1.29, 1.82) is 0 Å². The third-order valence-electron chi connectivity index (χ3n) is 10.3. The Hall–Kier alpha value is -5.32. The molecule has 0 saturated carbocycles. The summed E-state index contributed by atoms with van der Waals surface area (Å²) in [5.74, 6) is -0.0352. The number of hydrogen-bond donors (Lipinski definition) is 4. The van der Waals surface area contributed by atoms with Crippen LogP contribution in [-0.2, 0) is 28.6 Å². The van der Waals surface area contributed by atoms with Gasteiger partial charge in [0.2, 0.25) is 17.7 Å². The van der Waals surface area contributed by atoms with Crippen LogP contribution in [0.2, 0.25) is 0 Å². The Morgan fingerprint density at radius 2 is 1.58 bits per heavy atom. The zero-order chi connectivity index (χ0) is 37.8. The number of carbonyl (C=O) groups is 4. The predicted octanol–water partition coefficient (Wildman–Crippen LogP) is 3.60. The average Bonchev–Trinajstić information content (AvgIpc) is 4.02. The van der Waals surface area contributed by atoms with Gasteiger partial charge in [-0.3, -0.25) is 14.4 Å². The van der Waals surface area contributed by atoms with E-state index < -0.39 is 48.2 Å². The van der Waals surface area contributed by atoms with Crippen molar-refractivity contribution in [3.63, 3.8) is 0 Å². The van der Waals surface area contributed by atoms with Gasteiger partial charge in [-0.1, -0.05) is 35.5 Å². The van der Waals surface area contributed by atoms with Gasteiger partial charge in [0.15, 0.2) is 11.4 Å². The predicted molar refractivity (Wildman–Crippen MR) is 194 cm³/mol. The number of imidazole rings is 1. The van der Waals surface area contributed by atoms with Crippen LogP contribution in [0.25, 0.3) is 33.4 Å². The van der Waals surface area contributed by atoms with Gasteiger partial charge in [0.25, 0.3) is 0 Å². The number of rotatable bonds is 12. The van der Waals surface area contributed by atoms with Crippen molar-refractivity contribution in [3.8, 4) is 22.4 Å². The number of likely N-dealkylation sites (tertiary alicyclic amines) is 2. The number of nitrogens with zero attached hydrogens (tertiary/aromatic N) is 4. The highest BCUT2D eigenvalue weighted by Crippen LogP contribution is 2.34. The van der Waals surface area contributed by atoms with E-state index in [-0.39, 0.29) is 17.8 Å². The topological polar surface area (TPSA) is 207 Å². The summed E-state index contributed by atoms with van der Waals surface area (Å²) >= 11 is 0. The van der Waals surface area contributed by atoms with E-state index in [0.29, 0.717) is 36.9 Å². The Balaban J connectivity index is 1.12. The fourth-order valence-electron chi connectivity index (χ4n) is 6.94. The van der Waals surface area contributed by atoms with Crippen molar-refractivity contribution in [2.45, 2.75) is 75.9 Å². The lowest BCUT2D eigenvalue weighted by Gasteiger charge is -2.30. The molecule has 4 aromatic rings. The summed E-state index contributed by atoms with van der Waals surface area (Å²) in [5.41, 5.74) is 10.2. The number of nitrogens with two attached hydrogens (primary N) is 1. The summed E-state index contributed by atoms with van der Waals surface area (Å²) < 4.78 is 20.9. The second-order valence-corrected chi connectivity index (χ2v) is 13.4. The zero-order valence-corrected chi connectivity index (χ0v) is 30.5. The van der Waals surface area contributed by atoms with Crippen LogP contribution in [0.15, 0.2) is 53.2 Å². The Morgan fingerprint density at radius 3 is 2.30 bits per heavy atom. The molecule has 2 saturated heterocycles. The molecule has 282 valence electrons. The Labute approximate surface area is 306 Å². The maximum atomic E-state index is 13.5. The molecule has 0 aliphatic carbocycles. The molecule has 6 atom stereocenters. The fraction of sp³-hybridized carbons (Fsp3) is 0.459. The smallest absolute Gasteiger partial charge is 0.407 e. The number of methoxy groups -OCH3 is 3. The minimum Gasteiger partial charge on any atom is -0.453 e. The molecular weight excluding hydrogens is 684 g/mol. The van der Waals surface area contributed by atoms with Crippen LogP contribution in [0.4, 0.5) is 10.6 Å². The van der Waals surface area contributed by atoms with E-state index >= 15 is 0 Å². The molecular formula is C37H46N8O8. The standard InChI is InChI=1S/C37H46N8O8/c1-20(50-3)30(38)35(47)44-16-6-8-27(44)33-39-19-26(40-33)23-12-10-22(11-13-23)24-14-15-25-29(18-24)53-43-32(25)42-34(46)28-9-7-17-45(28)36(48)31(21(2)51-4)41-37(49)52-5/h10-15,18-21,27-28,30-31H,6-9,16-17,38H2,1-5H3,(H,39,40)(H,41,49)(H,42,43,46)/t20-,21-,27+,28+,30+,31+/m1/s1. The first-order valence-electron chi connectivity index (χ1n) is 17.7. The first-order valence-corrected chi connectivity index (χ1v) is 17.7. The molecule has 4 amide bonds. The summed E-state index contributed by atoms with van der Waals surface area (Å²) in [6.07, 6.45) is 2.68. The fourth-order valence-corrected chi connectivity index (χ4v) is 6.94. The van der Waals surface area contributed by atoms with Gasteiger partial charge >= 0.3 is 6.09 Å². The highest BCUT2D eigenvalue weighted by Gasteiger charge is 2.40. The first-order chi connectivity index (χ1) is 25.5. The number of aromatic nitrogens is 3. The molecule has 16 nitrogen and oxygen atoms in total. The normalized spacial score (nSPS) is 19.5. The minimum absolute atomic E-state index is 0.146. The summed E-state index contributed by atoms with van der Waals surface area (Å²) in [7, 11) is 4.18. The zero-order valence-electron chi connectivity index (χ0n) is 30.5. The highest BCUT2D eigenvalue weighted by molar-refractivity contribution is 6.03. The number of aromatic amines is 1. The highest BCUT2D eigenvalue weighted by atomic mass is 16.5. The number of benzene rings is 2. The third-order valence-corrected chi connectivity index (χ3v) is 10.3. The van der Waals surface area contributed by atoms with Crippen LogP contribution in [-0.4, -0.2) is 113 Å². The largest absolute Gasteiger partial charge is 0.453 e. The molecule has 2 fully saturated rings. The Bertz CT molecular complexity index is 1940. The molecule has 2 aromatic heterocycles. The number of H-pyrrole nitrogens is 1. The molecule has 4 heterocycles. The number of fused-ring (bicyclic) bond motifs is 1. The summed E-state index contributed by atoms with van der Waals surface area (Å²) in [4.78, 5) is 63.2. The van der Waals surface area contributed by atoms with Crippen molar-refractivity contribution in [2.24, 2.45) is 5.73 Å². The van der Waals surface area contributed by atoms with Gasteiger partial charge in [0.1, 0.15) is 23.9 Å². The van der Waals surface area contributed by atoms with Crippen molar-refractivity contribution < 1.29 is 37.9 Å². The molecule has 5 N–H and O–H groups in total. The van der Waals surface area contributed by atoms with Gasteiger partial charge in [-0.2, -0.15) is 0 Å². The quantitative estimate of drug-likeness (QED) is 0.166. The van der Waals surface area contributed by atoms with Crippen LogP contribution >= 0.6 is 0 Å². The van der Waals surface area contributed by atoms with Crippen LogP contribution in [0.5, 0.6) is 0 Å². The molecule has 0 radical (unpaired) electrons. The van der Waals surface area contributed by atoms with Crippen LogP contribution in [0.1, 0.15) is 51.4 Å². The number of hydrogen-bond acceptors (Lipinski definition) is 11. The number of carbonyl (C=O) groups excluding carboxylic acids is 4. The SMILES string of the molecule is COC(=O)N[C@H](C(=O)N1CCC[C@H]1C(=O)Nc1noc2cc(-c3ccc(-c4cnc([C@@H]5CCCN5C(=O)[C@@H](N)[C@@H](C)OC)[nH]4)cc3)ccc12)[C@@H](C)OC. The van der Waals surface area contributed by atoms with E-state index in [0.717, 1.165) is 41.1 Å². The molecule has 2 aromatic carbocycles. The molecule has 6 rings (SSSR count). The number of amides is 4. The van der Waals surface area contributed by atoms with Gasteiger partial charge in [-0.05, 0) is 68.4 Å². The summed E-state index contributed by atoms with van der Waals surface area (Å²) in [5, 5.41) is 10.1. The third kappa shape index (κ3) is 7.75. The van der Waals surface area contributed by atoms with Crippen molar-refractivity contribution >= 4 is 40.6 Å². The van der Waals surface area contributed by atoms with Gasteiger partial charge in [-0.15, -0.1) is 0 Å². The second kappa shape index (κ2) is 16.1. The van der Waals surface area contributed by atoms with E-state index in [1.807, 2.05) is 42.5 Å². The van der Waals surface area contributed by atoms with Gasteiger partial charge < -0.3 is 49.9 Å². The number of nitrogens with one attached hydrogen (secondary N) is 3. The molecule has 2 aliphatic rings. The molecule has 0 spiro atoms. The van der Waals surface area contributed by atoms with E-state index in [1.165, 1.54) is 19.1 Å². The summed E-state index contributed by atoms with van der Waals surface area (Å²) in [6, 6.07) is 10.8. The van der Waals surface area contributed by atoms with Crippen LogP contribution < -0.4 is 16.4 Å². The lowest BCUT2D eigenvalue weighted by Crippen LogP contribution is -2.56. The molecule has 0 unspecified atom stereocenters. The maximum absolute atomic E-state index is 13.5. The average molecular weight is 731 g/mol. The molecule has 0 bridgehead atoms. The van der Waals surface area contributed by atoms with Crippen molar-refractivity contribution in [3.05, 3.63) is 54.5 Å². The summed E-state index contributed by atoms with van der Waals surface area (Å²) in [6.45, 7) is 4.41. The van der Waals surface area contributed by atoms with E-state index in [9.17, 15) is 19.2 Å². The number of anilines is 1. The van der Waals surface area contributed by atoms with Crippen molar-refractivity contribution in [2.75, 3.05) is 39.7 Å².